The average Bonchev–Trinajstić information content (AvgIpc) is 3.12. The Kier molecular flexibility index (Phi) is 9.65. The molecule has 1 heterocycles. The molecule has 0 radical (unpaired) electrons. The van der Waals surface area contributed by atoms with E-state index in [-0.39, 0.29) is 11.8 Å². The molecule has 31 heavy (non-hydrogen) atoms. The number of nitrogens with zero attached hydrogens (tertiary/aromatic N) is 2. The Balaban J connectivity index is 2.21. The van der Waals surface area contributed by atoms with Crippen molar-refractivity contribution in [3.05, 3.63) is 46.0 Å². The molecule has 7 nitrogen and oxygen atoms in total. The Morgan fingerprint density at radius 2 is 1.84 bits per heavy atom. The molecule has 0 saturated carbocycles. The number of aromatic nitrogens is 1. The van der Waals surface area contributed by atoms with Crippen LogP contribution < -0.4 is 10.2 Å². The van der Waals surface area contributed by atoms with Crippen molar-refractivity contribution in [1.82, 2.24) is 10.3 Å². The van der Waals surface area contributed by atoms with Gasteiger partial charge in [-0.2, -0.15) is 0 Å². The van der Waals surface area contributed by atoms with Crippen LogP contribution in [0.2, 0.25) is 0 Å². The number of benzene rings is 1. The van der Waals surface area contributed by atoms with Crippen molar-refractivity contribution in [2.24, 2.45) is 0 Å². The summed E-state index contributed by atoms with van der Waals surface area (Å²) >= 11 is 1.19. The zero-order valence-electron chi connectivity index (χ0n) is 18.7. The number of unbranched alkanes of at least 4 members (excludes halogenated alkanes) is 2. The summed E-state index contributed by atoms with van der Waals surface area (Å²) in [4.78, 5) is 43.1. The van der Waals surface area contributed by atoms with Crippen molar-refractivity contribution in [2.45, 2.75) is 53.4 Å². The van der Waals surface area contributed by atoms with Crippen LogP contribution in [0, 0.1) is 6.92 Å². The molecule has 8 heteroatoms. The average molecular weight is 446 g/mol. The van der Waals surface area contributed by atoms with E-state index in [0.717, 1.165) is 24.8 Å². The largest absolute Gasteiger partial charge is 0.462 e. The number of thiazole rings is 1. The van der Waals surface area contributed by atoms with Crippen molar-refractivity contribution in [3.8, 4) is 0 Å². The van der Waals surface area contributed by atoms with E-state index >= 15 is 0 Å². The van der Waals surface area contributed by atoms with Crippen molar-refractivity contribution in [1.29, 1.82) is 0 Å². The lowest BCUT2D eigenvalue weighted by Gasteiger charge is -2.20. The molecule has 0 atom stereocenters. The van der Waals surface area contributed by atoms with Crippen LogP contribution in [0.1, 0.15) is 71.3 Å². The van der Waals surface area contributed by atoms with Gasteiger partial charge in [-0.05, 0) is 44.4 Å². The minimum Gasteiger partial charge on any atom is -0.462 e. The van der Waals surface area contributed by atoms with Crippen LogP contribution in [0.3, 0.4) is 0 Å². The van der Waals surface area contributed by atoms with Gasteiger partial charge < -0.3 is 10.1 Å². The van der Waals surface area contributed by atoms with E-state index in [1.54, 1.807) is 30.9 Å². The second-order valence-corrected chi connectivity index (χ2v) is 8.20. The lowest BCUT2D eigenvalue weighted by Crippen LogP contribution is -2.32. The lowest BCUT2D eigenvalue weighted by atomic mass is 10.1. The molecule has 0 unspecified atom stereocenters. The van der Waals surface area contributed by atoms with Gasteiger partial charge in [-0.1, -0.05) is 43.2 Å². The molecule has 1 aromatic heterocycles. The highest BCUT2D eigenvalue weighted by atomic mass is 32.1. The number of esters is 1. The molecular weight excluding hydrogens is 414 g/mol. The number of anilines is 1. The predicted molar refractivity (Wildman–Crippen MR) is 123 cm³/mol. The number of ether oxygens (including phenoxy) is 1. The first-order chi connectivity index (χ1) is 14.9. The second-order valence-electron chi connectivity index (χ2n) is 7.23. The SMILES string of the molecule is CCCCCN(C(=O)c1ccc(CCNC(C)=O)cc1)c1nc(C)c(C(=O)OCC)s1. The molecule has 0 aliphatic rings. The van der Waals surface area contributed by atoms with Crippen LogP contribution >= 0.6 is 11.3 Å². The summed E-state index contributed by atoms with van der Waals surface area (Å²) in [5.74, 6) is -0.614. The summed E-state index contributed by atoms with van der Waals surface area (Å²) < 4.78 is 5.11. The topological polar surface area (TPSA) is 88.6 Å². The third-order valence-electron chi connectivity index (χ3n) is 4.70. The van der Waals surface area contributed by atoms with Crippen molar-refractivity contribution < 1.29 is 19.1 Å². The Bertz CT molecular complexity index is 893. The number of hydrogen-bond donors (Lipinski definition) is 1. The minimum atomic E-state index is -0.409. The molecule has 0 fully saturated rings. The van der Waals surface area contributed by atoms with E-state index in [0.29, 0.717) is 47.4 Å². The molecular formula is C23H31N3O4S. The number of carbonyl (C=O) groups is 3. The molecule has 168 valence electrons. The Morgan fingerprint density at radius 1 is 1.13 bits per heavy atom. The molecule has 2 rings (SSSR count). The van der Waals surface area contributed by atoms with Gasteiger partial charge in [-0.3, -0.25) is 14.5 Å². The maximum absolute atomic E-state index is 13.3. The van der Waals surface area contributed by atoms with E-state index < -0.39 is 5.97 Å². The van der Waals surface area contributed by atoms with Crippen LogP contribution in [-0.4, -0.2) is 42.5 Å². The zero-order valence-corrected chi connectivity index (χ0v) is 19.5. The Morgan fingerprint density at radius 3 is 2.45 bits per heavy atom. The maximum Gasteiger partial charge on any atom is 0.350 e. The van der Waals surface area contributed by atoms with Crippen molar-refractivity contribution >= 4 is 34.3 Å². The molecule has 2 aromatic rings. The summed E-state index contributed by atoms with van der Waals surface area (Å²) in [7, 11) is 0. The summed E-state index contributed by atoms with van der Waals surface area (Å²) in [6, 6.07) is 7.39. The standard InChI is InChI=1S/C23H31N3O4S/c1-5-7-8-15-26(23-25-16(3)20(31-23)22(29)30-6-2)21(28)19-11-9-18(10-12-19)13-14-24-17(4)27/h9-12H,5-8,13-15H2,1-4H3,(H,24,27). The van der Waals surface area contributed by atoms with Crippen LogP contribution in [0.4, 0.5) is 5.13 Å². The number of nitrogens with one attached hydrogen (secondary N) is 1. The number of carbonyl (C=O) groups excluding carboxylic acids is 3. The molecule has 1 aromatic carbocycles. The number of amides is 2. The van der Waals surface area contributed by atoms with Gasteiger partial charge >= 0.3 is 5.97 Å². The smallest absolute Gasteiger partial charge is 0.350 e. The van der Waals surface area contributed by atoms with Gasteiger partial charge in [0.1, 0.15) is 4.88 Å². The zero-order chi connectivity index (χ0) is 22.8. The fourth-order valence-corrected chi connectivity index (χ4v) is 4.03. The molecule has 0 aliphatic carbocycles. The van der Waals surface area contributed by atoms with Gasteiger partial charge in [-0.15, -0.1) is 0 Å². The molecule has 0 saturated heterocycles. The van der Waals surface area contributed by atoms with Crippen LogP contribution in [0.15, 0.2) is 24.3 Å². The molecule has 0 bridgehead atoms. The summed E-state index contributed by atoms with van der Waals surface area (Å²) in [5, 5.41) is 3.28. The van der Waals surface area contributed by atoms with Crippen molar-refractivity contribution in [3.63, 3.8) is 0 Å². The van der Waals surface area contributed by atoms with E-state index in [1.165, 1.54) is 18.3 Å². The van der Waals surface area contributed by atoms with Crippen LogP contribution in [0.5, 0.6) is 0 Å². The first-order valence-electron chi connectivity index (χ1n) is 10.7. The van der Waals surface area contributed by atoms with Crippen LogP contribution in [0.25, 0.3) is 0 Å². The monoisotopic (exact) mass is 445 g/mol. The predicted octanol–water partition coefficient (Wildman–Crippen LogP) is 4.14. The second kappa shape index (κ2) is 12.2. The summed E-state index contributed by atoms with van der Waals surface area (Å²) in [6.45, 7) is 8.49. The molecule has 1 N–H and O–H groups in total. The Labute approximate surface area is 187 Å². The highest BCUT2D eigenvalue weighted by Gasteiger charge is 2.24. The van der Waals surface area contributed by atoms with E-state index in [4.69, 9.17) is 4.74 Å². The molecule has 0 spiro atoms. The third-order valence-corrected chi connectivity index (χ3v) is 5.86. The van der Waals surface area contributed by atoms with Gasteiger partial charge in [0, 0.05) is 25.6 Å². The first-order valence-corrected chi connectivity index (χ1v) is 11.5. The first kappa shape index (κ1) is 24.5. The molecule has 2 amide bonds. The highest BCUT2D eigenvalue weighted by molar-refractivity contribution is 7.17. The Hall–Kier alpha value is -2.74. The van der Waals surface area contributed by atoms with Gasteiger partial charge in [0.15, 0.2) is 5.13 Å². The molecule has 0 aliphatic heterocycles. The third kappa shape index (κ3) is 7.17. The van der Waals surface area contributed by atoms with Gasteiger partial charge in [0.05, 0.1) is 12.3 Å². The minimum absolute atomic E-state index is 0.0598. The normalized spacial score (nSPS) is 10.6. The van der Waals surface area contributed by atoms with E-state index in [1.807, 2.05) is 12.1 Å². The fourth-order valence-electron chi connectivity index (χ4n) is 3.04. The van der Waals surface area contributed by atoms with E-state index in [9.17, 15) is 14.4 Å². The summed E-state index contributed by atoms with van der Waals surface area (Å²) in [6.07, 6.45) is 3.59. The van der Waals surface area contributed by atoms with Gasteiger partial charge in [-0.25, -0.2) is 9.78 Å². The quantitative estimate of drug-likeness (QED) is 0.415. The highest BCUT2D eigenvalue weighted by Crippen LogP contribution is 2.28. The number of aryl methyl sites for hydroxylation is 1. The lowest BCUT2D eigenvalue weighted by molar-refractivity contribution is -0.118. The van der Waals surface area contributed by atoms with Gasteiger partial charge in [0.2, 0.25) is 5.91 Å². The van der Waals surface area contributed by atoms with Crippen molar-refractivity contribution in [2.75, 3.05) is 24.6 Å². The number of hydrogen-bond acceptors (Lipinski definition) is 6. The van der Waals surface area contributed by atoms with Gasteiger partial charge in [0.25, 0.3) is 5.91 Å². The fraction of sp³-hybridized carbons (Fsp3) is 0.478. The van der Waals surface area contributed by atoms with E-state index in [2.05, 4.69) is 17.2 Å². The van der Waals surface area contributed by atoms with Crippen LogP contribution in [-0.2, 0) is 16.0 Å². The summed E-state index contributed by atoms with van der Waals surface area (Å²) in [5.41, 5.74) is 2.17. The number of rotatable bonds is 11. The maximum atomic E-state index is 13.3.